The Labute approximate surface area is 111 Å². The SMILES string of the molecule is CC(N)CC(=O)N1CCC(C(F)(F)F)C1(C)C.Cl. The second kappa shape index (κ2) is 5.65. The molecule has 0 bridgehead atoms. The molecule has 0 radical (unpaired) electrons. The Bertz CT molecular complexity index is 305. The molecule has 0 aromatic heterocycles. The molecule has 1 aliphatic rings. The molecule has 1 fully saturated rings. The van der Waals surface area contributed by atoms with Gasteiger partial charge in [0.2, 0.25) is 5.91 Å². The Morgan fingerprint density at radius 1 is 1.50 bits per heavy atom. The van der Waals surface area contributed by atoms with E-state index in [1.807, 2.05) is 0 Å². The van der Waals surface area contributed by atoms with Crippen LogP contribution in [0.1, 0.15) is 33.6 Å². The zero-order valence-corrected chi connectivity index (χ0v) is 11.6. The average molecular weight is 289 g/mol. The minimum absolute atomic E-state index is 0. The number of amides is 1. The van der Waals surface area contributed by atoms with E-state index in [9.17, 15) is 18.0 Å². The smallest absolute Gasteiger partial charge is 0.337 e. The Kier molecular flexibility index (Phi) is 5.50. The molecule has 1 aliphatic heterocycles. The standard InChI is InChI=1S/C11H19F3N2O.ClH/c1-7(15)6-9(17)16-5-4-8(10(16,2)3)11(12,13)14;/h7-8H,4-6,15H2,1-3H3;1H. The predicted molar refractivity (Wildman–Crippen MR) is 65.5 cm³/mol. The second-order valence-corrected chi connectivity index (χ2v) is 5.26. The van der Waals surface area contributed by atoms with Gasteiger partial charge in [-0.1, -0.05) is 0 Å². The molecule has 1 amide bonds. The summed E-state index contributed by atoms with van der Waals surface area (Å²) in [5.74, 6) is -1.75. The van der Waals surface area contributed by atoms with Crippen molar-refractivity contribution in [3.8, 4) is 0 Å². The molecule has 1 saturated heterocycles. The highest BCUT2D eigenvalue weighted by molar-refractivity contribution is 5.85. The van der Waals surface area contributed by atoms with Gasteiger partial charge in [0.05, 0.1) is 5.92 Å². The van der Waals surface area contributed by atoms with E-state index in [2.05, 4.69) is 0 Å². The lowest BCUT2D eigenvalue weighted by Crippen LogP contribution is -2.50. The fourth-order valence-electron chi connectivity index (χ4n) is 2.48. The third-order valence-corrected chi connectivity index (χ3v) is 3.38. The van der Waals surface area contributed by atoms with Gasteiger partial charge < -0.3 is 10.6 Å². The number of carbonyl (C=O) groups is 1. The van der Waals surface area contributed by atoms with Gasteiger partial charge in [0.1, 0.15) is 0 Å². The highest BCUT2D eigenvalue weighted by atomic mass is 35.5. The van der Waals surface area contributed by atoms with Crippen LogP contribution < -0.4 is 5.73 Å². The van der Waals surface area contributed by atoms with Crippen LogP contribution in [-0.2, 0) is 4.79 Å². The van der Waals surface area contributed by atoms with Crippen molar-refractivity contribution >= 4 is 18.3 Å². The molecule has 0 spiro atoms. The van der Waals surface area contributed by atoms with Gasteiger partial charge in [0, 0.05) is 24.5 Å². The van der Waals surface area contributed by atoms with Crippen molar-refractivity contribution in [2.45, 2.75) is 51.4 Å². The molecule has 2 atom stereocenters. The van der Waals surface area contributed by atoms with E-state index in [0.29, 0.717) is 0 Å². The number of nitrogens with two attached hydrogens (primary N) is 1. The minimum Gasteiger partial charge on any atom is -0.337 e. The van der Waals surface area contributed by atoms with Gasteiger partial charge in [-0.3, -0.25) is 4.79 Å². The maximum atomic E-state index is 12.8. The first-order valence-corrected chi connectivity index (χ1v) is 5.69. The lowest BCUT2D eigenvalue weighted by atomic mass is 9.87. The van der Waals surface area contributed by atoms with Gasteiger partial charge in [-0.15, -0.1) is 12.4 Å². The fraction of sp³-hybridized carbons (Fsp3) is 0.909. The van der Waals surface area contributed by atoms with Crippen LogP contribution in [0.25, 0.3) is 0 Å². The Hall–Kier alpha value is -0.490. The first-order valence-electron chi connectivity index (χ1n) is 5.69. The number of nitrogens with zero attached hydrogens (tertiary/aromatic N) is 1. The maximum Gasteiger partial charge on any atom is 0.394 e. The van der Waals surface area contributed by atoms with Gasteiger partial charge in [-0.25, -0.2) is 0 Å². The molecule has 2 unspecified atom stereocenters. The summed E-state index contributed by atoms with van der Waals surface area (Å²) in [7, 11) is 0. The molecule has 3 nitrogen and oxygen atoms in total. The van der Waals surface area contributed by atoms with Crippen LogP contribution in [0.5, 0.6) is 0 Å². The summed E-state index contributed by atoms with van der Waals surface area (Å²) in [5.41, 5.74) is 4.32. The summed E-state index contributed by atoms with van der Waals surface area (Å²) >= 11 is 0. The topological polar surface area (TPSA) is 46.3 Å². The van der Waals surface area contributed by atoms with Gasteiger partial charge in [0.25, 0.3) is 0 Å². The summed E-state index contributed by atoms with van der Waals surface area (Å²) in [6.07, 6.45) is -4.19. The van der Waals surface area contributed by atoms with Crippen molar-refractivity contribution in [2.75, 3.05) is 6.54 Å². The molecule has 0 aromatic rings. The summed E-state index contributed by atoms with van der Waals surface area (Å²) in [4.78, 5) is 13.1. The number of halogens is 4. The fourth-order valence-corrected chi connectivity index (χ4v) is 2.48. The van der Waals surface area contributed by atoms with E-state index in [1.165, 1.54) is 18.7 Å². The molecule has 0 aromatic carbocycles. The number of hydrogen-bond donors (Lipinski definition) is 1. The summed E-state index contributed by atoms with van der Waals surface area (Å²) in [6.45, 7) is 4.76. The van der Waals surface area contributed by atoms with E-state index >= 15 is 0 Å². The van der Waals surface area contributed by atoms with Crippen LogP contribution in [0.2, 0.25) is 0 Å². The molecule has 0 saturated carbocycles. The lowest BCUT2D eigenvalue weighted by molar-refractivity contribution is -0.192. The van der Waals surface area contributed by atoms with E-state index in [1.54, 1.807) is 6.92 Å². The molecule has 2 N–H and O–H groups in total. The van der Waals surface area contributed by atoms with E-state index < -0.39 is 17.6 Å². The van der Waals surface area contributed by atoms with E-state index in [0.717, 1.165) is 0 Å². The zero-order valence-electron chi connectivity index (χ0n) is 10.8. The van der Waals surface area contributed by atoms with Gasteiger partial charge in [-0.2, -0.15) is 13.2 Å². The Balaban J connectivity index is 0.00000289. The van der Waals surface area contributed by atoms with E-state index in [4.69, 9.17) is 5.73 Å². The highest BCUT2D eigenvalue weighted by Crippen LogP contribution is 2.44. The van der Waals surface area contributed by atoms with Gasteiger partial charge in [0.15, 0.2) is 0 Å². The summed E-state index contributed by atoms with van der Waals surface area (Å²) < 4.78 is 38.4. The number of hydrogen-bond acceptors (Lipinski definition) is 2. The van der Waals surface area contributed by atoms with Crippen molar-refractivity contribution < 1.29 is 18.0 Å². The third-order valence-electron chi connectivity index (χ3n) is 3.38. The minimum atomic E-state index is -4.26. The Morgan fingerprint density at radius 2 is 2.00 bits per heavy atom. The largest absolute Gasteiger partial charge is 0.394 e. The maximum absolute atomic E-state index is 12.8. The molecular weight excluding hydrogens is 269 g/mol. The number of alkyl halides is 3. The highest BCUT2D eigenvalue weighted by Gasteiger charge is 2.55. The van der Waals surface area contributed by atoms with Crippen LogP contribution in [0.15, 0.2) is 0 Å². The molecule has 1 heterocycles. The monoisotopic (exact) mass is 288 g/mol. The number of rotatable bonds is 2. The van der Waals surface area contributed by atoms with Crippen LogP contribution >= 0.6 is 12.4 Å². The molecule has 1 rings (SSSR count). The Morgan fingerprint density at radius 3 is 2.33 bits per heavy atom. The quantitative estimate of drug-likeness (QED) is 0.848. The zero-order chi connectivity index (χ0) is 13.4. The number of likely N-dealkylation sites (tertiary alicyclic amines) is 1. The lowest BCUT2D eigenvalue weighted by Gasteiger charge is -2.37. The van der Waals surface area contributed by atoms with E-state index in [-0.39, 0.29) is 43.7 Å². The van der Waals surface area contributed by atoms with Gasteiger partial charge in [-0.05, 0) is 27.2 Å². The second-order valence-electron chi connectivity index (χ2n) is 5.26. The van der Waals surface area contributed by atoms with Gasteiger partial charge >= 0.3 is 6.18 Å². The molecule has 108 valence electrons. The molecular formula is C11H20ClF3N2O. The first kappa shape index (κ1) is 17.5. The van der Waals surface area contributed by atoms with Crippen molar-refractivity contribution in [3.05, 3.63) is 0 Å². The predicted octanol–water partition coefficient (Wildman–Crippen LogP) is 2.33. The van der Waals surface area contributed by atoms with Crippen LogP contribution in [0, 0.1) is 5.92 Å². The summed E-state index contributed by atoms with van der Waals surface area (Å²) in [6, 6.07) is -0.330. The normalized spacial score (nSPS) is 24.6. The third kappa shape index (κ3) is 3.51. The van der Waals surface area contributed by atoms with Crippen molar-refractivity contribution in [2.24, 2.45) is 11.7 Å². The van der Waals surface area contributed by atoms with Crippen molar-refractivity contribution in [3.63, 3.8) is 0 Å². The number of carbonyl (C=O) groups excluding carboxylic acids is 1. The molecule has 18 heavy (non-hydrogen) atoms. The first-order chi connectivity index (χ1) is 7.56. The van der Waals surface area contributed by atoms with Crippen molar-refractivity contribution in [1.29, 1.82) is 0 Å². The van der Waals surface area contributed by atoms with Crippen LogP contribution in [0.3, 0.4) is 0 Å². The summed E-state index contributed by atoms with van der Waals surface area (Å²) in [5, 5.41) is 0. The molecule has 0 aliphatic carbocycles. The average Bonchev–Trinajstić information content (AvgIpc) is 2.37. The van der Waals surface area contributed by atoms with Crippen LogP contribution in [0.4, 0.5) is 13.2 Å². The molecule has 7 heteroatoms. The van der Waals surface area contributed by atoms with Crippen LogP contribution in [-0.4, -0.2) is 35.1 Å². The van der Waals surface area contributed by atoms with Crippen molar-refractivity contribution in [1.82, 2.24) is 4.90 Å².